The third-order valence-electron chi connectivity index (χ3n) is 3.19. The number of hydrogen-bond acceptors (Lipinski definition) is 4. The molecule has 1 N–H and O–H groups in total. The van der Waals surface area contributed by atoms with Crippen LogP contribution in [0, 0.1) is 0 Å². The Hall–Kier alpha value is 0.260. The van der Waals surface area contributed by atoms with Gasteiger partial charge in [-0.3, -0.25) is 0 Å². The van der Waals surface area contributed by atoms with Crippen molar-refractivity contribution in [2.45, 2.75) is 43.4 Å². The van der Waals surface area contributed by atoms with Crippen LogP contribution in [0.5, 0.6) is 0 Å². The summed E-state index contributed by atoms with van der Waals surface area (Å²) >= 11 is 1.86. The largest absolute Gasteiger partial charge is 0.314 e. The van der Waals surface area contributed by atoms with Crippen molar-refractivity contribution in [3.8, 4) is 0 Å². The van der Waals surface area contributed by atoms with Gasteiger partial charge in [-0.1, -0.05) is 6.42 Å². The van der Waals surface area contributed by atoms with Gasteiger partial charge in [-0.2, -0.15) is 11.8 Å². The molecule has 0 spiro atoms. The maximum absolute atomic E-state index is 11.5. The first kappa shape index (κ1) is 14.3. The highest BCUT2D eigenvalue weighted by Crippen LogP contribution is 2.23. The molecule has 0 aliphatic heterocycles. The van der Waals surface area contributed by atoms with E-state index in [4.69, 9.17) is 0 Å². The predicted octanol–water partition coefficient (Wildman–Crippen LogP) is 1.68. The van der Waals surface area contributed by atoms with Crippen LogP contribution in [-0.4, -0.2) is 44.5 Å². The second kappa shape index (κ2) is 6.87. The van der Waals surface area contributed by atoms with Gasteiger partial charge < -0.3 is 5.32 Å². The third-order valence-corrected chi connectivity index (χ3v) is 5.53. The molecule has 2 atom stereocenters. The van der Waals surface area contributed by atoms with Gasteiger partial charge in [0.2, 0.25) is 0 Å². The molecule has 2 unspecified atom stereocenters. The fraction of sp³-hybridized carbons (Fsp3) is 1.00. The summed E-state index contributed by atoms with van der Waals surface area (Å²) in [7, 11) is -2.84. The van der Waals surface area contributed by atoms with Crippen LogP contribution in [0.15, 0.2) is 0 Å². The normalized spacial score (nSPS) is 26.9. The molecule has 1 aliphatic carbocycles. The van der Waals surface area contributed by atoms with Crippen LogP contribution in [0.3, 0.4) is 0 Å². The van der Waals surface area contributed by atoms with Crippen molar-refractivity contribution in [2.75, 3.05) is 24.8 Å². The van der Waals surface area contributed by atoms with Crippen LogP contribution in [0.2, 0.25) is 0 Å². The van der Waals surface area contributed by atoms with Gasteiger partial charge in [-0.25, -0.2) is 8.42 Å². The van der Waals surface area contributed by atoms with Crippen LogP contribution in [0.4, 0.5) is 0 Å². The third kappa shape index (κ3) is 5.06. The summed E-state index contributed by atoms with van der Waals surface area (Å²) in [5.41, 5.74) is 0. The molecule has 16 heavy (non-hydrogen) atoms. The average Bonchev–Trinajstić information content (AvgIpc) is 2.24. The summed E-state index contributed by atoms with van der Waals surface area (Å²) in [6.45, 7) is 1.02. The molecule has 0 radical (unpaired) electrons. The summed E-state index contributed by atoms with van der Waals surface area (Å²) in [6, 6.07) is 0.412. The fourth-order valence-electron chi connectivity index (χ4n) is 2.24. The van der Waals surface area contributed by atoms with Gasteiger partial charge in [0.15, 0.2) is 0 Å². The van der Waals surface area contributed by atoms with Crippen molar-refractivity contribution in [3.63, 3.8) is 0 Å². The van der Waals surface area contributed by atoms with E-state index in [2.05, 4.69) is 11.6 Å². The van der Waals surface area contributed by atoms with Gasteiger partial charge in [0.05, 0.1) is 5.25 Å². The van der Waals surface area contributed by atoms with E-state index >= 15 is 0 Å². The summed E-state index contributed by atoms with van der Waals surface area (Å²) < 4.78 is 23.0. The standard InChI is InChI=1S/C11H23NO2S2/c1-15-8-4-7-12-10-5-3-6-11(9-10)16(2,13)14/h10-12H,3-9H2,1-2H3. The highest BCUT2D eigenvalue weighted by atomic mass is 32.2. The number of thioether (sulfide) groups is 1. The molecule has 0 saturated heterocycles. The van der Waals surface area contributed by atoms with Gasteiger partial charge in [0, 0.05) is 12.3 Å². The van der Waals surface area contributed by atoms with Crippen LogP contribution in [-0.2, 0) is 9.84 Å². The molecule has 0 amide bonds. The van der Waals surface area contributed by atoms with Gasteiger partial charge >= 0.3 is 0 Å². The summed E-state index contributed by atoms with van der Waals surface area (Å²) in [6.07, 6.45) is 8.47. The second-order valence-electron chi connectivity index (χ2n) is 4.62. The molecule has 3 nitrogen and oxygen atoms in total. The van der Waals surface area contributed by atoms with Crippen LogP contribution in [0.1, 0.15) is 32.1 Å². The van der Waals surface area contributed by atoms with Crippen molar-refractivity contribution in [3.05, 3.63) is 0 Å². The Morgan fingerprint density at radius 1 is 1.38 bits per heavy atom. The van der Waals surface area contributed by atoms with E-state index in [0.29, 0.717) is 6.04 Å². The van der Waals surface area contributed by atoms with Crippen LogP contribution in [0.25, 0.3) is 0 Å². The molecule has 96 valence electrons. The van der Waals surface area contributed by atoms with E-state index < -0.39 is 9.84 Å². The lowest BCUT2D eigenvalue weighted by molar-refractivity contribution is 0.373. The summed E-state index contributed by atoms with van der Waals surface area (Å²) in [5, 5.41) is 3.37. The lowest BCUT2D eigenvalue weighted by atomic mass is 9.95. The Morgan fingerprint density at radius 2 is 2.12 bits per heavy atom. The minimum absolute atomic E-state index is 0.112. The average molecular weight is 265 g/mol. The van der Waals surface area contributed by atoms with Gasteiger partial charge in [-0.05, 0) is 44.2 Å². The van der Waals surface area contributed by atoms with E-state index in [1.54, 1.807) is 0 Å². The minimum Gasteiger partial charge on any atom is -0.314 e. The first-order valence-electron chi connectivity index (χ1n) is 5.95. The van der Waals surface area contributed by atoms with Crippen molar-refractivity contribution in [1.29, 1.82) is 0 Å². The summed E-state index contributed by atoms with van der Waals surface area (Å²) in [5.74, 6) is 1.18. The first-order chi connectivity index (χ1) is 7.54. The van der Waals surface area contributed by atoms with Crippen molar-refractivity contribution in [2.24, 2.45) is 0 Å². The lowest BCUT2D eigenvalue weighted by Crippen LogP contribution is -2.39. The molecule has 1 aliphatic rings. The highest BCUT2D eigenvalue weighted by molar-refractivity contribution is 7.98. The molecule has 1 rings (SSSR count). The van der Waals surface area contributed by atoms with E-state index in [1.165, 1.54) is 18.4 Å². The zero-order valence-corrected chi connectivity index (χ0v) is 11.9. The molecule has 0 aromatic carbocycles. The Kier molecular flexibility index (Phi) is 6.15. The molecule has 0 heterocycles. The Morgan fingerprint density at radius 3 is 2.75 bits per heavy atom. The van der Waals surface area contributed by atoms with Crippen molar-refractivity contribution in [1.82, 2.24) is 5.32 Å². The number of rotatable bonds is 6. The Balaban J connectivity index is 2.28. The first-order valence-corrected chi connectivity index (χ1v) is 9.30. The van der Waals surface area contributed by atoms with Crippen molar-refractivity contribution >= 4 is 21.6 Å². The lowest BCUT2D eigenvalue weighted by Gasteiger charge is -2.28. The van der Waals surface area contributed by atoms with E-state index in [0.717, 1.165) is 32.2 Å². The van der Waals surface area contributed by atoms with Gasteiger partial charge in [0.1, 0.15) is 9.84 Å². The highest BCUT2D eigenvalue weighted by Gasteiger charge is 2.28. The topological polar surface area (TPSA) is 46.2 Å². The van der Waals surface area contributed by atoms with Gasteiger partial charge in [0.25, 0.3) is 0 Å². The number of hydrogen-bond donors (Lipinski definition) is 1. The predicted molar refractivity (Wildman–Crippen MR) is 71.9 cm³/mol. The molecule has 1 saturated carbocycles. The molecule has 1 fully saturated rings. The molecule has 0 bridgehead atoms. The SMILES string of the molecule is CSCCCNC1CCCC(S(C)(=O)=O)C1. The Bertz CT molecular complexity index is 290. The monoisotopic (exact) mass is 265 g/mol. The maximum Gasteiger partial charge on any atom is 0.150 e. The maximum atomic E-state index is 11.5. The quantitative estimate of drug-likeness (QED) is 0.742. The smallest absolute Gasteiger partial charge is 0.150 e. The zero-order chi connectivity index (χ0) is 12.0. The van der Waals surface area contributed by atoms with E-state index in [-0.39, 0.29) is 5.25 Å². The van der Waals surface area contributed by atoms with Gasteiger partial charge in [-0.15, -0.1) is 0 Å². The molecule has 0 aromatic heterocycles. The van der Waals surface area contributed by atoms with E-state index in [9.17, 15) is 8.42 Å². The molecular weight excluding hydrogens is 242 g/mol. The van der Waals surface area contributed by atoms with Crippen molar-refractivity contribution < 1.29 is 8.42 Å². The number of nitrogens with one attached hydrogen (secondary N) is 1. The second-order valence-corrected chi connectivity index (χ2v) is 7.93. The molecule has 5 heteroatoms. The van der Waals surface area contributed by atoms with E-state index in [1.807, 2.05) is 11.8 Å². The molecule has 0 aromatic rings. The fourth-order valence-corrected chi connectivity index (χ4v) is 3.85. The molecular formula is C11H23NO2S2. The number of sulfone groups is 1. The zero-order valence-electron chi connectivity index (χ0n) is 10.2. The summed E-state index contributed by atoms with van der Waals surface area (Å²) in [4.78, 5) is 0. The Labute approximate surface area is 104 Å². The van der Waals surface area contributed by atoms with Crippen LogP contribution >= 0.6 is 11.8 Å². The van der Waals surface area contributed by atoms with Crippen LogP contribution < -0.4 is 5.32 Å². The minimum atomic E-state index is -2.84.